The number of nitrogens with zero attached hydrogens (tertiary/aromatic N) is 3. The third kappa shape index (κ3) is 6.30. The van der Waals surface area contributed by atoms with Gasteiger partial charge in [0.15, 0.2) is 0 Å². The van der Waals surface area contributed by atoms with Crippen molar-refractivity contribution in [1.82, 2.24) is 25.3 Å². The second kappa shape index (κ2) is 11.4. The molecule has 0 bridgehead atoms. The lowest BCUT2D eigenvalue weighted by Gasteiger charge is -2.35. The fourth-order valence-electron chi connectivity index (χ4n) is 4.70. The van der Waals surface area contributed by atoms with E-state index in [1.807, 2.05) is 61.2 Å². The molecule has 3 amide bonds. The molecule has 8 nitrogen and oxygen atoms in total. The molecular weight excluding hydrogens is 454 g/mol. The van der Waals surface area contributed by atoms with Crippen molar-refractivity contribution in [2.75, 3.05) is 19.6 Å². The Hall–Kier alpha value is -3.68. The lowest BCUT2D eigenvalue weighted by atomic mass is 9.94. The van der Waals surface area contributed by atoms with Crippen LogP contribution in [0.3, 0.4) is 0 Å². The predicted molar refractivity (Wildman–Crippen MR) is 139 cm³/mol. The number of rotatable bonds is 8. The first-order chi connectivity index (χ1) is 17.3. The molecule has 1 aliphatic rings. The maximum absolute atomic E-state index is 13.3. The summed E-state index contributed by atoms with van der Waals surface area (Å²) in [5, 5.41) is 12.2. The van der Waals surface area contributed by atoms with Crippen molar-refractivity contribution in [1.29, 1.82) is 0 Å². The smallest absolute Gasteiger partial charge is 0.254 e. The largest absolute Gasteiger partial charge is 0.352 e. The van der Waals surface area contributed by atoms with E-state index in [1.54, 1.807) is 24.1 Å². The number of nitrogens with one attached hydrogen (secondary N) is 2. The van der Waals surface area contributed by atoms with Gasteiger partial charge in [-0.3, -0.25) is 19.1 Å². The zero-order valence-electron chi connectivity index (χ0n) is 21.2. The average Bonchev–Trinajstić information content (AvgIpc) is 3.32. The van der Waals surface area contributed by atoms with Crippen LogP contribution in [0.15, 0.2) is 54.9 Å². The standard InChI is InChI=1S/C28H35N5O3/c1-19(2)26(31-25(34)15-21-8-9-22-6-4-5-7-23(22)14-21)28(36)33-12-10-20(11-13-33)16-29-27(35)24-17-30-32(3)18-24/h4-9,14,17-20,26H,10-13,15-16H2,1-3H3,(H,29,35)(H,31,34). The highest BCUT2D eigenvalue weighted by Gasteiger charge is 2.31. The normalized spacial score (nSPS) is 15.2. The number of piperidine rings is 1. The molecule has 2 aromatic carbocycles. The molecule has 0 aliphatic carbocycles. The monoisotopic (exact) mass is 489 g/mol. The number of aryl methyl sites for hydroxylation is 1. The lowest BCUT2D eigenvalue weighted by molar-refractivity contribution is -0.138. The maximum Gasteiger partial charge on any atom is 0.254 e. The van der Waals surface area contributed by atoms with E-state index in [1.165, 1.54) is 0 Å². The van der Waals surface area contributed by atoms with Crippen LogP contribution in [-0.2, 0) is 23.1 Å². The van der Waals surface area contributed by atoms with Crippen molar-refractivity contribution < 1.29 is 14.4 Å². The van der Waals surface area contributed by atoms with Crippen LogP contribution in [0.25, 0.3) is 10.8 Å². The molecule has 1 aliphatic heterocycles. The van der Waals surface area contributed by atoms with Gasteiger partial charge >= 0.3 is 0 Å². The molecule has 4 rings (SSSR count). The number of hydrogen-bond donors (Lipinski definition) is 2. The number of likely N-dealkylation sites (tertiary alicyclic amines) is 1. The van der Waals surface area contributed by atoms with Gasteiger partial charge in [0.1, 0.15) is 6.04 Å². The highest BCUT2D eigenvalue weighted by molar-refractivity contribution is 5.93. The second-order valence-electron chi connectivity index (χ2n) is 10.0. The highest BCUT2D eigenvalue weighted by Crippen LogP contribution is 2.20. The summed E-state index contributed by atoms with van der Waals surface area (Å²) in [4.78, 5) is 40.3. The van der Waals surface area contributed by atoms with E-state index in [2.05, 4.69) is 15.7 Å². The summed E-state index contributed by atoms with van der Waals surface area (Å²) in [6, 6.07) is 13.5. The fourth-order valence-corrected chi connectivity index (χ4v) is 4.70. The van der Waals surface area contributed by atoms with Crippen molar-refractivity contribution in [3.05, 3.63) is 66.0 Å². The fraction of sp³-hybridized carbons (Fsp3) is 0.429. The Labute approximate surface area is 212 Å². The van der Waals surface area contributed by atoms with Crippen LogP contribution >= 0.6 is 0 Å². The molecule has 1 aromatic heterocycles. The number of hydrogen-bond acceptors (Lipinski definition) is 4. The summed E-state index contributed by atoms with van der Waals surface area (Å²) in [6.45, 7) is 5.73. The van der Waals surface area contributed by atoms with E-state index in [0.717, 1.165) is 29.2 Å². The Bertz CT molecular complexity index is 1230. The molecule has 1 saturated heterocycles. The molecule has 0 radical (unpaired) electrons. The number of benzene rings is 2. The predicted octanol–water partition coefficient (Wildman–Crippen LogP) is 2.93. The second-order valence-corrected chi connectivity index (χ2v) is 10.0. The van der Waals surface area contributed by atoms with Crippen LogP contribution in [0, 0.1) is 11.8 Å². The van der Waals surface area contributed by atoms with Crippen molar-refractivity contribution in [2.24, 2.45) is 18.9 Å². The van der Waals surface area contributed by atoms with Gasteiger partial charge < -0.3 is 15.5 Å². The molecule has 0 saturated carbocycles. The summed E-state index contributed by atoms with van der Waals surface area (Å²) >= 11 is 0. The van der Waals surface area contributed by atoms with Crippen LogP contribution in [0.4, 0.5) is 0 Å². The number of carbonyl (C=O) groups excluding carboxylic acids is 3. The van der Waals surface area contributed by atoms with Crippen molar-refractivity contribution in [2.45, 2.75) is 39.2 Å². The van der Waals surface area contributed by atoms with Gasteiger partial charge in [0, 0.05) is 32.9 Å². The van der Waals surface area contributed by atoms with E-state index in [-0.39, 0.29) is 30.1 Å². The minimum Gasteiger partial charge on any atom is -0.352 e. The molecule has 2 N–H and O–H groups in total. The Kier molecular flexibility index (Phi) is 8.03. The van der Waals surface area contributed by atoms with Crippen molar-refractivity contribution in [3.8, 4) is 0 Å². The van der Waals surface area contributed by atoms with E-state index in [9.17, 15) is 14.4 Å². The number of aromatic nitrogens is 2. The van der Waals surface area contributed by atoms with Gasteiger partial charge in [0.05, 0.1) is 18.2 Å². The Morgan fingerprint density at radius 1 is 1.06 bits per heavy atom. The van der Waals surface area contributed by atoms with E-state index < -0.39 is 6.04 Å². The summed E-state index contributed by atoms with van der Waals surface area (Å²) < 4.78 is 1.60. The third-order valence-electron chi connectivity index (χ3n) is 6.87. The van der Waals surface area contributed by atoms with Gasteiger partial charge in [-0.15, -0.1) is 0 Å². The van der Waals surface area contributed by atoms with Gasteiger partial charge in [-0.05, 0) is 41.0 Å². The van der Waals surface area contributed by atoms with Crippen molar-refractivity contribution >= 4 is 28.5 Å². The van der Waals surface area contributed by atoms with E-state index in [4.69, 9.17) is 0 Å². The molecular formula is C28H35N5O3. The molecule has 3 aromatic rings. The molecule has 0 spiro atoms. The minimum atomic E-state index is -0.556. The molecule has 1 fully saturated rings. The summed E-state index contributed by atoms with van der Waals surface area (Å²) in [7, 11) is 1.78. The molecule has 1 unspecified atom stereocenters. The van der Waals surface area contributed by atoms with Crippen molar-refractivity contribution in [3.63, 3.8) is 0 Å². The first-order valence-corrected chi connectivity index (χ1v) is 12.6. The first-order valence-electron chi connectivity index (χ1n) is 12.6. The lowest BCUT2D eigenvalue weighted by Crippen LogP contribution is -2.53. The number of carbonyl (C=O) groups is 3. The molecule has 190 valence electrons. The first kappa shape index (κ1) is 25.4. The van der Waals surface area contributed by atoms with Gasteiger partial charge in [-0.1, -0.05) is 56.3 Å². The SMILES string of the molecule is CC(C)C(NC(=O)Cc1ccc2ccccc2c1)C(=O)N1CCC(CNC(=O)c2cnn(C)c2)CC1. The molecule has 2 heterocycles. The van der Waals surface area contributed by atoms with Gasteiger partial charge in [-0.25, -0.2) is 0 Å². The maximum atomic E-state index is 13.3. The highest BCUT2D eigenvalue weighted by atomic mass is 16.2. The number of amides is 3. The Morgan fingerprint density at radius 2 is 1.78 bits per heavy atom. The molecule has 8 heteroatoms. The van der Waals surface area contributed by atoms with Crippen LogP contribution in [0.5, 0.6) is 0 Å². The van der Waals surface area contributed by atoms with Gasteiger partial charge in [0.25, 0.3) is 5.91 Å². The quantitative estimate of drug-likeness (QED) is 0.509. The summed E-state index contributed by atoms with van der Waals surface area (Å²) in [5.41, 5.74) is 1.47. The summed E-state index contributed by atoms with van der Waals surface area (Å²) in [6.07, 6.45) is 5.11. The van der Waals surface area contributed by atoms with E-state index in [0.29, 0.717) is 31.1 Å². The van der Waals surface area contributed by atoms with Gasteiger partial charge in [-0.2, -0.15) is 5.10 Å². The Morgan fingerprint density at radius 3 is 2.44 bits per heavy atom. The summed E-state index contributed by atoms with van der Waals surface area (Å²) in [5.74, 6) is -0.0140. The van der Waals surface area contributed by atoms with Crippen LogP contribution in [0.1, 0.15) is 42.6 Å². The van der Waals surface area contributed by atoms with Crippen LogP contribution in [-0.4, -0.2) is 58.1 Å². The zero-order chi connectivity index (χ0) is 25.7. The van der Waals surface area contributed by atoms with Crippen LogP contribution in [0.2, 0.25) is 0 Å². The average molecular weight is 490 g/mol. The van der Waals surface area contributed by atoms with Crippen LogP contribution < -0.4 is 10.6 Å². The van der Waals surface area contributed by atoms with E-state index >= 15 is 0 Å². The van der Waals surface area contributed by atoms with Gasteiger partial charge in [0.2, 0.25) is 11.8 Å². The minimum absolute atomic E-state index is 0.0189. The molecule has 1 atom stereocenters. The Balaban J connectivity index is 1.27. The topological polar surface area (TPSA) is 96.3 Å². The molecule has 36 heavy (non-hydrogen) atoms. The number of fused-ring (bicyclic) bond motifs is 1. The third-order valence-corrected chi connectivity index (χ3v) is 6.87. The zero-order valence-corrected chi connectivity index (χ0v) is 21.2.